The highest BCUT2D eigenvalue weighted by atomic mass is 19.3. The van der Waals surface area contributed by atoms with Crippen LogP contribution in [0.4, 0.5) is 13.2 Å². The van der Waals surface area contributed by atoms with Gasteiger partial charge in [-0.25, -0.2) is 13.2 Å². The molecule has 2 rings (SSSR count). The van der Waals surface area contributed by atoms with Gasteiger partial charge in [0.25, 0.3) is 5.92 Å². The summed E-state index contributed by atoms with van der Waals surface area (Å²) in [6.45, 7) is 3.65. The first-order valence-corrected chi connectivity index (χ1v) is 6.47. The molecule has 1 aliphatic rings. The van der Waals surface area contributed by atoms with E-state index in [0.717, 1.165) is 0 Å². The fraction of sp³-hybridized carbons (Fsp3) is 0.400. The van der Waals surface area contributed by atoms with Crippen LogP contribution in [-0.4, -0.2) is 29.8 Å². The van der Waals surface area contributed by atoms with Gasteiger partial charge in [0.15, 0.2) is 0 Å². The van der Waals surface area contributed by atoms with Gasteiger partial charge < -0.3 is 4.90 Å². The average molecular weight is 283 g/mol. The van der Waals surface area contributed by atoms with Crippen molar-refractivity contribution in [3.63, 3.8) is 0 Å². The molecule has 1 aromatic carbocycles. The number of carbonyl (C=O) groups excluding carboxylic acids is 1. The van der Waals surface area contributed by atoms with Crippen molar-refractivity contribution in [1.82, 2.24) is 4.90 Å². The second-order valence-electron chi connectivity index (χ2n) is 5.01. The number of carbonyl (C=O) groups is 1. The van der Waals surface area contributed by atoms with Crippen LogP contribution >= 0.6 is 0 Å². The summed E-state index contributed by atoms with van der Waals surface area (Å²) in [5.41, 5.74) is 1.13. The molecule has 5 heteroatoms. The van der Waals surface area contributed by atoms with E-state index in [9.17, 15) is 18.0 Å². The van der Waals surface area contributed by atoms with Gasteiger partial charge in [-0.05, 0) is 23.3 Å². The van der Waals surface area contributed by atoms with Crippen molar-refractivity contribution in [2.75, 3.05) is 13.1 Å². The lowest BCUT2D eigenvalue weighted by Crippen LogP contribution is -2.43. The number of benzene rings is 1. The first-order valence-electron chi connectivity index (χ1n) is 6.47. The summed E-state index contributed by atoms with van der Waals surface area (Å²) < 4.78 is 39.4. The Morgan fingerprint density at radius 1 is 1.30 bits per heavy atom. The summed E-state index contributed by atoms with van der Waals surface area (Å²) in [4.78, 5) is 13.4. The molecule has 108 valence electrons. The Morgan fingerprint density at radius 2 is 1.95 bits per heavy atom. The molecule has 1 aliphatic heterocycles. The zero-order valence-electron chi connectivity index (χ0n) is 11.0. The molecule has 1 fully saturated rings. The number of piperidine rings is 1. The van der Waals surface area contributed by atoms with Crippen LogP contribution in [0.2, 0.25) is 0 Å². The van der Waals surface area contributed by atoms with Crippen LogP contribution in [0.25, 0.3) is 6.08 Å². The van der Waals surface area contributed by atoms with Crippen molar-refractivity contribution in [1.29, 1.82) is 0 Å². The van der Waals surface area contributed by atoms with Crippen LogP contribution in [0.15, 0.2) is 24.8 Å². The summed E-state index contributed by atoms with van der Waals surface area (Å²) in [5, 5.41) is 0. The summed E-state index contributed by atoms with van der Waals surface area (Å²) in [6, 6.07) is 4.28. The average Bonchev–Trinajstić information content (AvgIpc) is 2.37. The van der Waals surface area contributed by atoms with Crippen molar-refractivity contribution in [2.24, 2.45) is 0 Å². The van der Waals surface area contributed by atoms with Crippen molar-refractivity contribution in [2.45, 2.75) is 25.2 Å². The van der Waals surface area contributed by atoms with E-state index < -0.39 is 11.7 Å². The Bertz CT molecular complexity index is 518. The molecule has 1 amide bonds. The Balaban J connectivity index is 2.01. The van der Waals surface area contributed by atoms with Crippen molar-refractivity contribution < 1.29 is 18.0 Å². The van der Waals surface area contributed by atoms with Gasteiger partial charge >= 0.3 is 0 Å². The number of amides is 1. The maximum absolute atomic E-state index is 13.3. The van der Waals surface area contributed by atoms with Gasteiger partial charge in [-0.1, -0.05) is 18.7 Å². The molecule has 0 aromatic heterocycles. The van der Waals surface area contributed by atoms with E-state index in [1.165, 1.54) is 23.1 Å². The number of alkyl halides is 2. The molecule has 0 radical (unpaired) electrons. The molecule has 0 saturated carbocycles. The SMILES string of the molecule is C=Cc1cc(F)cc(CC(=O)N2CCC(F)(F)CC2)c1. The van der Waals surface area contributed by atoms with Crippen LogP contribution in [-0.2, 0) is 11.2 Å². The highest BCUT2D eigenvalue weighted by molar-refractivity contribution is 5.79. The lowest BCUT2D eigenvalue weighted by atomic mass is 10.0. The third-order valence-electron chi connectivity index (χ3n) is 3.42. The van der Waals surface area contributed by atoms with Crippen molar-refractivity contribution in [3.8, 4) is 0 Å². The van der Waals surface area contributed by atoms with E-state index >= 15 is 0 Å². The van der Waals surface area contributed by atoms with Gasteiger partial charge in [0, 0.05) is 25.9 Å². The maximum atomic E-state index is 13.3. The van der Waals surface area contributed by atoms with E-state index in [2.05, 4.69) is 6.58 Å². The molecule has 0 unspecified atom stereocenters. The Hall–Kier alpha value is -1.78. The second kappa shape index (κ2) is 5.69. The van der Waals surface area contributed by atoms with Crippen LogP contribution in [0.5, 0.6) is 0 Å². The molecule has 2 nitrogen and oxygen atoms in total. The quantitative estimate of drug-likeness (QED) is 0.833. The first-order chi connectivity index (χ1) is 9.39. The lowest BCUT2D eigenvalue weighted by molar-refractivity contribution is -0.136. The summed E-state index contributed by atoms with van der Waals surface area (Å²) in [6.07, 6.45) is 0.905. The van der Waals surface area contributed by atoms with E-state index in [4.69, 9.17) is 0 Å². The molecule has 0 atom stereocenters. The number of rotatable bonds is 3. The predicted molar refractivity (Wildman–Crippen MR) is 71.0 cm³/mol. The third kappa shape index (κ3) is 3.62. The van der Waals surface area contributed by atoms with E-state index in [1.54, 1.807) is 6.07 Å². The fourth-order valence-corrected chi connectivity index (χ4v) is 2.27. The van der Waals surface area contributed by atoms with Gasteiger partial charge in [0.1, 0.15) is 5.82 Å². The van der Waals surface area contributed by atoms with Gasteiger partial charge in [0.05, 0.1) is 6.42 Å². The fourth-order valence-electron chi connectivity index (χ4n) is 2.27. The molecule has 20 heavy (non-hydrogen) atoms. The van der Waals surface area contributed by atoms with Crippen molar-refractivity contribution in [3.05, 3.63) is 41.7 Å². The molecule has 1 saturated heterocycles. The van der Waals surface area contributed by atoms with Crippen LogP contribution in [0.3, 0.4) is 0 Å². The zero-order valence-corrected chi connectivity index (χ0v) is 11.0. The van der Waals surface area contributed by atoms with Gasteiger partial charge in [-0.3, -0.25) is 4.79 Å². The van der Waals surface area contributed by atoms with Gasteiger partial charge in [-0.15, -0.1) is 0 Å². The summed E-state index contributed by atoms with van der Waals surface area (Å²) in [5.74, 6) is -3.36. The normalized spacial score (nSPS) is 17.9. The minimum absolute atomic E-state index is 0.0180. The highest BCUT2D eigenvalue weighted by Crippen LogP contribution is 2.28. The molecule has 0 aliphatic carbocycles. The topological polar surface area (TPSA) is 20.3 Å². The molecule has 1 heterocycles. The monoisotopic (exact) mass is 283 g/mol. The van der Waals surface area contributed by atoms with E-state index in [1.807, 2.05) is 0 Å². The van der Waals surface area contributed by atoms with E-state index in [-0.39, 0.29) is 38.3 Å². The molecule has 0 bridgehead atoms. The highest BCUT2D eigenvalue weighted by Gasteiger charge is 2.35. The molecular formula is C15H16F3NO. The first kappa shape index (κ1) is 14.6. The maximum Gasteiger partial charge on any atom is 0.251 e. The van der Waals surface area contributed by atoms with Crippen LogP contribution in [0, 0.1) is 5.82 Å². The minimum Gasteiger partial charge on any atom is -0.342 e. The van der Waals surface area contributed by atoms with Crippen LogP contribution < -0.4 is 0 Å². The minimum atomic E-state index is -2.67. The molecule has 0 spiro atoms. The predicted octanol–water partition coefficient (Wildman–Crippen LogP) is 3.27. The molecular weight excluding hydrogens is 267 g/mol. The third-order valence-corrected chi connectivity index (χ3v) is 3.42. The van der Waals surface area contributed by atoms with Gasteiger partial charge in [-0.2, -0.15) is 0 Å². The zero-order chi connectivity index (χ0) is 14.8. The molecule has 1 aromatic rings. The Kier molecular flexibility index (Phi) is 4.16. The summed E-state index contributed by atoms with van der Waals surface area (Å²) in [7, 11) is 0. The van der Waals surface area contributed by atoms with E-state index in [0.29, 0.717) is 11.1 Å². The second-order valence-corrected chi connectivity index (χ2v) is 5.01. The smallest absolute Gasteiger partial charge is 0.251 e. The number of hydrogen-bond donors (Lipinski definition) is 0. The number of hydrogen-bond acceptors (Lipinski definition) is 1. The largest absolute Gasteiger partial charge is 0.342 e. The number of likely N-dealkylation sites (tertiary alicyclic amines) is 1. The Labute approximate surface area is 115 Å². The Morgan fingerprint density at radius 3 is 2.55 bits per heavy atom. The number of nitrogens with zero attached hydrogens (tertiary/aromatic N) is 1. The van der Waals surface area contributed by atoms with Crippen molar-refractivity contribution >= 4 is 12.0 Å². The number of halogens is 3. The summed E-state index contributed by atoms with van der Waals surface area (Å²) >= 11 is 0. The lowest BCUT2D eigenvalue weighted by Gasteiger charge is -2.31. The van der Waals surface area contributed by atoms with Gasteiger partial charge in [0.2, 0.25) is 5.91 Å². The standard InChI is InChI=1S/C15H16F3NO/c1-2-11-7-12(9-13(16)8-11)10-14(20)19-5-3-15(17,18)4-6-19/h2,7-9H,1,3-6,10H2. The molecule has 0 N–H and O–H groups in total. The van der Waals surface area contributed by atoms with Crippen LogP contribution in [0.1, 0.15) is 24.0 Å².